The molecule has 1 saturated heterocycles. The van der Waals surface area contributed by atoms with Crippen molar-refractivity contribution in [3.05, 3.63) is 47.9 Å². The Balaban J connectivity index is 1.49. The maximum absolute atomic E-state index is 12.8. The maximum Gasteiger partial charge on any atom is 0.243 e. The van der Waals surface area contributed by atoms with E-state index in [1.807, 2.05) is 32.0 Å². The van der Waals surface area contributed by atoms with E-state index in [9.17, 15) is 8.42 Å². The van der Waals surface area contributed by atoms with Crippen molar-refractivity contribution >= 4 is 21.4 Å². The van der Waals surface area contributed by atoms with Gasteiger partial charge in [-0.15, -0.1) is 10.2 Å². The molecule has 1 aliphatic heterocycles. The molecule has 9 heteroatoms. The van der Waals surface area contributed by atoms with Crippen molar-refractivity contribution in [2.75, 3.05) is 31.1 Å². The number of aromatic nitrogens is 4. The van der Waals surface area contributed by atoms with E-state index in [2.05, 4.69) is 20.2 Å². The first kappa shape index (κ1) is 17.9. The molecule has 0 spiro atoms. The highest BCUT2D eigenvalue weighted by molar-refractivity contribution is 7.89. The standard InChI is InChI=1S/C18H22N6O2S/c1-3-17-20-21-18-12-15(13-19-24(17)18)22-8-10-23(11-9-22)27(25,26)16-6-4-14(2)5-7-16/h4-7,12-13H,3,8-11H2,1-2H3. The van der Waals surface area contributed by atoms with E-state index in [1.165, 1.54) is 0 Å². The van der Waals surface area contributed by atoms with E-state index in [0.717, 1.165) is 23.5 Å². The Morgan fingerprint density at radius 2 is 1.74 bits per heavy atom. The molecule has 142 valence electrons. The third-order valence-electron chi connectivity index (χ3n) is 4.89. The largest absolute Gasteiger partial charge is 0.367 e. The molecule has 3 heterocycles. The summed E-state index contributed by atoms with van der Waals surface area (Å²) in [7, 11) is -3.45. The second-order valence-electron chi connectivity index (χ2n) is 6.66. The molecule has 2 aromatic heterocycles. The van der Waals surface area contributed by atoms with Gasteiger partial charge in [-0.2, -0.15) is 13.9 Å². The summed E-state index contributed by atoms with van der Waals surface area (Å²) in [5, 5.41) is 12.7. The normalized spacial score (nSPS) is 16.1. The minimum atomic E-state index is -3.45. The van der Waals surface area contributed by atoms with E-state index >= 15 is 0 Å². The number of hydrogen-bond acceptors (Lipinski definition) is 6. The zero-order valence-corrected chi connectivity index (χ0v) is 16.2. The molecule has 0 amide bonds. The Kier molecular flexibility index (Phi) is 4.56. The lowest BCUT2D eigenvalue weighted by molar-refractivity contribution is 0.384. The molecular formula is C18H22N6O2S. The van der Waals surface area contributed by atoms with Crippen LogP contribution in [0.2, 0.25) is 0 Å². The van der Waals surface area contributed by atoms with E-state index in [0.29, 0.717) is 36.7 Å². The van der Waals surface area contributed by atoms with Crippen LogP contribution in [0.5, 0.6) is 0 Å². The van der Waals surface area contributed by atoms with Crippen LogP contribution in [-0.2, 0) is 16.4 Å². The summed E-state index contributed by atoms with van der Waals surface area (Å²) in [4.78, 5) is 2.48. The zero-order valence-electron chi connectivity index (χ0n) is 15.4. The summed E-state index contributed by atoms with van der Waals surface area (Å²) in [6.07, 6.45) is 2.56. The first-order valence-electron chi connectivity index (χ1n) is 9.01. The van der Waals surface area contributed by atoms with Gasteiger partial charge >= 0.3 is 0 Å². The van der Waals surface area contributed by atoms with E-state index < -0.39 is 10.0 Å². The van der Waals surface area contributed by atoms with E-state index in [-0.39, 0.29) is 0 Å². The van der Waals surface area contributed by atoms with Gasteiger partial charge in [0.2, 0.25) is 10.0 Å². The predicted molar refractivity (Wildman–Crippen MR) is 102 cm³/mol. The number of hydrogen-bond donors (Lipinski definition) is 0. The fourth-order valence-electron chi connectivity index (χ4n) is 3.27. The predicted octanol–water partition coefficient (Wildman–Crippen LogP) is 1.51. The Morgan fingerprint density at radius 3 is 2.41 bits per heavy atom. The Labute approximate surface area is 158 Å². The van der Waals surface area contributed by atoms with Gasteiger partial charge in [-0.05, 0) is 19.1 Å². The van der Waals surface area contributed by atoms with Gasteiger partial charge in [-0.25, -0.2) is 8.42 Å². The lowest BCUT2D eigenvalue weighted by Crippen LogP contribution is -2.48. The van der Waals surface area contributed by atoms with Crippen LogP contribution >= 0.6 is 0 Å². The summed E-state index contributed by atoms with van der Waals surface area (Å²) < 4.78 is 28.9. The summed E-state index contributed by atoms with van der Waals surface area (Å²) >= 11 is 0. The molecule has 27 heavy (non-hydrogen) atoms. The van der Waals surface area contributed by atoms with Crippen molar-refractivity contribution in [3.8, 4) is 0 Å². The van der Waals surface area contributed by atoms with Gasteiger partial charge in [-0.1, -0.05) is 24.6 Å². The molecule has 0 N–H and O–H groups in total. The minimum Gasteiger partial charge on any atom is -0.367 e. The van der Waals surface area contributed by atoms with Crippen LogP contribution in [0.15, 0.2) is 41.4 Å². The van der Waals surface area contributed by atoms with Crippen LogP contribution in [0, 0.1) is 6.92 Å². The maximum atomic E-state index is 12.8. The lowest BCUT2D eigenvalue weighted by atomic mass is 10.2. The van der Waals surface area contributed by atoms with E-state index in [4.69, 9.17) is 0 Å². The Bertz CT molecular complexity index is 1050. The van der Waals surface area contributed by atoms with Gasteiger partial charge in [0.1, 0.15) is 0 Å². The number of rotatable bonds is 4. The number of nitrogens with zero attached hydrogens (tertiary/aromatic N) is 6. The summed E-state index contributed by atoms with van der Waals surface area (Å²) in [6, 6.07) is 8.95. The monoisotopic (exact) mass is 386 g/mol. The average molecular weight is 386 g/mol. The van der Waals surface area contributed by atoms with Crippen molar-refractivity contribution in [1.29, 1.82) is 0 Å². The topological polar surface area (TPSA) is 83.7 Å². The molecule has 3 aromatic rings. The van der Waals surface area contributed by atoms with Gasteiger partial charge in [-0.3, -0.25) is 0 Å². The second kappa shape index (κ2) is 6.90. The number of fused-ring (bicyclic) bond motifs is 1. The van der Waals surface area contributed by atoms with Gasteiger partial charge < -0.3 is 4.90 Å². The molecule has 0 radical (unpaired) electrons. The van der Waals surface area contributed by atoms with Crippen LogP contribution in [0.3, 0.4) is 0 Å². The molecule has 4 rings (SSSR count). The van der Waals surface area contributed by atoms with Crippen LogP contribution in [-0.4, -0.2) is 58.7 Å². The van der Waals surface area contributed by atoms with Crippen LogP contribution in [0.25, 0.3) is 5.65 Å². The minimum absolute atomic E-state index is 0.347. The molecule has 0 atom stereocenters. The number of aryl methyl sites for hydroxylation is 2. The number of piperazine rings is 1. The van der Waals surface area contributed by atoms with Crippen molar-refractivity contribution in [2.45, 2.75) is 25.2 Å². The number of benzene rings is 1. The van der Waals surface area contributed by atoms with Crippen molar-refractivity contribution in [1.82, 2.24) is 24.1 Å². The van der Waals surface area contributed by atoms with Crippen molar-refractivity contribution in [2.24, 2.45) is 0 Å². The summed E-state index contributed by atoms with van der Waals surface area (Å²) in [5.74, 6) is 0.825. The first-order chi connectivity index (χ1) is 13.0. The molecule has 0 unspecified atom stereocenters. The molecule has 1 aromatic carbocycles. The highest BCUT2D eigenvalue weighted by Crippen LogP contribution is 2.22. The summed E-state index contributed by atoms with van der Waals surface area (Å²) in [6.45, 7) is 6.05. The van der Waals surface area contributed by atoms with Crippen LogP contribution < -0.4 is 4.90 Å². The smallest absolute Gasteiger partial charge is 0.243 e. The van der Waals surface area contributed by atoms with Crippen molar-refractivity contribution < 1.29 is 8.42 Å². The third-order valence-corrected chi connectivity index (χ3v) is 6.80. The number of sulfonamides is 1. The SMILES string of the molecule is CCc1nnc2cc(N3CCN(S(=O)(=O)c4ccc(C)cc4)CC3)cnn12. The van der Waals surface area contributed by atoms with Gasteiger partial charge in [0.05, 0.1) is 16.8 Å². The van der Waals surface area contributed by atoms with Gasteiger partial charge in [0, 0.05) is 38.7 Å². The Morgan fingerprint density at radius 1 is 1.04 bits per heavy atom. The second-order valence-corrected chi connectivity index (χ2v) is 8.60. The molecule has 1 aliphatic rings. The highest BCUT2D eigenvalue weighted by atomic mass is 32.2. The molecule has 0 aliphatic carbocycles. The van der Waals surface area contributed by atoms with Crippen molar-refractivity contribution in [3.63, 3.8) is 0 Å². The molecule has 0 saturated carbocycles. The van der Waals surface area contributed by atoms with Gasteiger partial charge in [0.25, 0.3) is 0 Å². The quantitative estimate of drug-likeness (QED) is 0.676. The molecular weight excluding hydrogens is 364 g/mol. The fourth-order valence-corrected chi connectivity index (χ4v) is 4.69. The van der Waals surface area contributed by atoms with Gasteiger partial charge in [0.15, 0.2) is 11.5 Å². The molecule has 8 nitrogen and oxygen atoms in total. The average Bonchev–Trinajstić information content (AvgIpc) is 3.11. The lowest BCUT2D eigenvalue weighted by Gasteiger charge is -2.35. The van der Waals surface area contributed by atoms with Crippen LogP contribution in [0.1, 0.15) is 18.3 Å². The third kappa shape index (κ3) is 3.28. The molecule has 1 fully saturated rings. The first-order valence-corrected chi connectivity index (χ1v) is 10.4. The zero-order chi connectivity index (χ0) is 19.0. The Hall–Kier alpha value is -2.52. The number of anilines is 1. The van der Waals surface area contributed by atoms with Crippen LogP contribution in [0.4, 0.5) is 5.69 Å². The fraction of sp³-hybridized carbons (Fsp3) is 0.389. The van der Waals surface area contributed by atoms with E-state index in [1.54, 1.807) is 27.2 Å². The molecule has 0 bridgehead atoms. The summed E-state index contributed by atoms with van der Waals surface area (Å²) in [5.41, 5.74) is 2.69. The highest BCUT2D eigenvalue weighted by Gasteiger charge is 2.28.